The van der Waals surface area contributed by atoms with Gasteiger partial charge in [-0.05, 0) is 25.0 Å². The van der Waals surface area contributed by atoms with Gasteiger partial charge in [-0.25, -0.2) is 13.4 Å². The average molecular weight is 472 g/mol. The number of fused-ring (bicyclic) bond motifs is 1. The van der Waals surface area contributed by atoms with Gasteiger partial charge in [0.1, 0.15) is 19.3 Å². The van der Waals surface area contributed by atoms with Crippen molar-refractivity contribution in [3.8, 4) is 22.8 Å². The van der Waals surface area contributed by atoms with Gasteiger partial charge in [0.15, 0.2) is 16.6 Å². The number of nitrogens with one attached hydrogen (secondary N) is 1. The van der Waals surface area contributed by atoms with Gasteiger partial charge < -0.3 is 14.8 Å². The van der Waals surface area contributed by atoms with Crippen molar-refractivity contribution in [2.45, 2.75) is 23.8 Å². The Hall–Kier alpha value is -2.95. The third-order valence-corrected chi connectivity index (χ3v) is 8.09. The summed E-state index contributed by atoms with van der Waals surface area (Å²) in [6.45, 7) is 1.07. The molecule has 10 heteroatoms. The minimum absolute atomic E-state index is 0.0852. The Bertz CT molecular complexity index is 1240. The number of sulfonamides is 1. The highest BCUT2D eigenvalue weighted by Gasteiger charge is 2.40. The van der Waals surface area contributed by atoms with Crippen molar-refractivity contribution in [2.75, 3.05) is 25.1 Å². The first-order valence-electron chi connectivity index (χ1n) is 10.3. The molecule has 1 saturated heterocycles. The van der Waals surface area contributed by atoms with E-state index in [-0.39, 0.29) is 17.3 Å². The summed E-state index contributed by atoms with van der Waals surface area (Å²) < 4.78 is 38.9. The van der Waals surface area contributed by atoms with Crippen LogP contribution in [0.1, 0.15) is 12.8 Å². The Balaban J connectivity index is 1.34. The number of carbonyl (C=O) groups excluding carboxylic acids is 1. The molecule has 1 aromatic heterocycles. The summed E-state index contributed by atoms with van der Waals surface area (Å²) in [5.41, 5.74) is 1.71. The topological polar surface area (TPSA) is 97.8 Å². The zero-order valence-electron chi connectivity index (χ0n) is 17.1. The molecular weight excluding hydrogens is 450 g/mol. The van der Waals surface area contributed by atoms with Crippen molar-refractivity contribution < 1.29 is 22.7 Å². The van der Waals surface area contributed by atoms with Crippen molar-refractivity contribution in [2.24, 2.45) is 0 Å². The number of thiazole rings is 1. The normalized spacial score (nSPS) is 18.4. The van der Waals surface area contributed by atoms with E-state index in [4.69, 9.17) is 9.47 Å². The lowest BCUT2D eigenvalue weighted by atomic mass is 10.2. The lowest BCUT2D eigenvalue weighted by Crippen LogP contribution is -2.43. The first-order valence-corrected chi connectivity index (χ1v) is 12.6. The highest BCUT2D eigenvalue weighted by molar-refractivity contribution is 7.89. The molecule has 32 heavy (non-hydrogen) atoms. The maximum absolute atomic E-state index is 13.3. The van der Waals surface area contributed by atoms with E-state index in [0.717, 1.165) is 11.3 Å². The van der Waals surface area contributed by atoms with Gasteiger partial charge in [0.2, 0.25) is 15.9 Å². The average Bonchev–Trinajstić information content (AvgIpc) is 3.50. The fourth-order valence-corrected chi connectivity index (χ4v) is 6.27. The molecule has 3 aromatic rings. The van der Waals surface area contributed by atoms with Gasteiger partial charge in [-0.1, -0.05) is 30.3 Å². The molecule has 5 rings (SSSR count). The largest absolute Gasteiger partial charge is 0.486 e. The van der Waals surface area contributed by atoms with Crippen molar-refractivity contribution in [3.63, 3.8) is 0 Å². The van der Waals surface area contributed by atoms with Gasteiger partial charge in [-0.2, -0.15) is 4.31 Å². The van der Waals surface area contributed by atoms with E-state index in [1.165, 1.54) is 27.8 Å². The monoisotopic (exact) mass is 471 g/mol. The van der Waals surface area contributed by atoms with Crippen LogP contribution in [0, 0.1) is 0 Å². The van der Waals surface area contributed by atoms with E-state index < -0.39 is 16.1 Å². The summed E-state index contributed by atoms with van der Waals surface area (Å²) in [5, 5.41) is 5.10. The molecule has 0 spiro atoms. The third kappa shape index (κ3) is 3.96. The molecule has 1 N–H and O–H groups in total. The lowest BCUT2D eigenvalue weighted by molar-refractivity contribution is -0.119. The minimum Gasteiger partial charge on any atom is -0.486 e. The summed E-state index contributed by atoms with van der Waals surface area (Å²) in [5.74, 6) is 0.537. The molecule has 1 fully saturated rings. The van der Waals surface area contributed by atoms with Gasteiger partial charge in [0.05, 0.1) is 10.6 Å². The first kappa shape index (κ1) is 20.9. The van der Waals surface area contributed by atoms with E-state index in [2.05, 4.69) is 10.3 Å². The van der Waals surface area contributed by atoms with Crippen LogP contribution in [0.5, 0.6) is 11.5 Å². The van der Waals surface area contributed by atoms with Gasteiger partial charge >= 0.3 is 0 Å². The van der Waals surface area contributed by atoms with E-state index in [9.17, 15) is 13.2 Å². The summed E-state index contributed by atoms with van der Waals surface area (Å²) in [6, 6.07) is 13.4. The quantitative estimate of drug-likeness (QED) is 0.613. The molecule has 0 unspecified atom stereocenters. The second kappa shape index (κ2) is 8.53. The Labute approximate surface area is 189 Å². The zero-order valence-corrected chi connectivity index (χ0v) is 18.7. The van der Waals surface area contributed by atoms with Crippen molar-refractivity contribution in [1.29, 1.82) is 0 Å². The maximum Gasteiger partial charge on any atom is 0.244 e. The lowest BCUT2D eigenvalue weighted by Gasteiger charge is -2.24. The van der Waals surface area contributed by atoms with Crippen molar-refractivity contribution >= 4 is 32.4 Å². The smallest absolute Gasteiger partial charge is 0.244 e. The van der Waals surface area contributed by atoms with Crippen LogP contribution < -0.4 is 14.8 Å². The molecule has 2 aliphatic heterocycles. The minimum atomic E-state index is -3.88. The van der Waals surface area contributed by atoms with Gasteiger partial charge in [-0.15, -0.1) is 11.3 Å². The van der Waals surface area contributed by atoms with Crippen LogP contribution in [-0.4, -0.2) is 49.4 Å². The number of nitrogens with zero attached hydrogens (tertiary/aromatic N) is 2. The Morgan fingerprint density at radius 1 is 1.09 bits per heavy atom. The number of aromatic nitrogens is 1. The third-order valence-electron chi connectivity index (χ3n) is 5.43. The van der Waals surface area contributed by atoms with Crippen LogP contribution in [-0.2, 0) is 14.8 Å². The molecule has 0 aliphatic carbocycles. The van der Waals surface area contributed by atoms with Crippen LogP contribution in [0.15, 0.2) is 58.8 Å². The van der Waals surface area contributed by atoms with Gasteiger partial charge in [-0.3, -0.25) is 4.79 Å². The standard InChI is InChI=1S/C22H21N3O5S2/c26-21(24-22-23-17(14-31-22)15-5-2-1-3-6-15)18-7-4-10-25(18)32(27,28)16-8-9-19-20(13-16)30-12-11-29-19/h1-3,5-6,8-9,13-14,18H,4,7,10-12H2,(H,23,24,26)/t18-/m0/s1. The molecule has 0 saturated carbocycles. The molecule has 1 amide bonds. The zero-order chi connectivity index (χ0) is 22.1. The molecule has 0 radical (unpaired) electrons. The van der Waals surface area contributed by atoms with Crippen LogP contribution in [0.2, 0.25) is 0 Å². The number of hydrogen-bond acceptors (Lipinski definition) is 7. The molecule has 8 nitrogen and oxygen atoms in total. The predicted octanol–water partition coefficient (Wildman–Crippen LogP) is 3.37. The summed E-state index contributed by atoms with van der Waals surface area (Å²) in [6.07, 6.45) is 1.06. The number of hydrogen-bond donors (Lipinski definition) is 1. The molecule has 0 bridgehead atoms. The fraction of sp³-hybridized carbons (Fsp3) is 0.273. The highest BCUT2D eigenvalue weighted by Crippen LogP contribution is 2.35. The summed E-state index contributed by atoms with van der Waals surface area (Å²) in [7, 11) is -3.88. The number of carbonyl (C=O) groups is 1. The molecule has 2 aliphatic rings. The molecule has 166 valence electrons. The maximum atomic E-state index is 13.3. The van der Waals surface area contributed by atoms with Gasteiger partial charge in [0.25, 0.3) is 0 Å². The van der Waals surface area contributed by atoms with Crippen molar-refractivity contribution in [3.05, 3.63) is 53.9 Å². The van der Waals surface area contributed by atoms with E-state index in [1.54, 1.807) is 6.07 Å². The Morgan fingerprint density at radius 3 is 2.69 bits per heavy atom. The second-order valence-corrected chi connectivity index (χ2v) is 10.2. The highest BCUT2D eigenvalue weighted by atomic mass is 32.2. The second-order valence-electron chi connectivity index (χ2n) is 7.47. The summed E-state index contributed by atoms with van der Waals surface area (Å²) in [4.78, 5) is 17.5. The molecular formula is C22H21N3O5S2. The number of ether oxygens (including phenoxy) is 2. The van der Waals surface area contributed by atoms with Crippen molar-refractivity contribution in [1.82, 2.24) is 9.29 Å². The molecule has 3 heterocycles. The number of anilines is 1. The predicted molar refractivity (Wildman–Crippen MR) is 121 cm³/mol. The van der Waals surface area contributed by atoms with Crippen LogP contribution in [0.4, 0.5) is 5.13 Å². The first-order chi connectivity index (χ1) is 15.5. The van der Waals surface area contributed by atoms with Crippen LogP contribution in [0.3, 0.4) is 0 Å². The SMILES string of the molecule is O=C(Nc1nc(-c2ccccc2)cs1)[C@@H]1CCCN1S(=O)(=O)c1ccc2c(c1)OCCO2. The van der Waals surface area contributed by atoms with Crippen LogP contribution >= 0.6 is 11.3 Å². The van der Waals surface area contributed by atoms with Gasteiger partial charge in [0, 0.05) is 23.6 Å². The number of benzene rings is 2. The molecule has 2 aromatic carbocycles. The van der Waals surface area contributed by atoms with E-state index in [1.807, 2.05) is 35.7 Å². The molecule has 1 atom stereocenters. The number of rotatable bonds is 5. The summed E-state index contributed by atoms with van der Waals surface area (Å²) >= 11 is 1.31. The van der Waals surface area contributed by atoms with E-state index >= 15 is 0 Å². The Kier molecular flexibility index (Phi) is 5.58. The van der Waals surface area contributed by atoms with E-state index in [0.29, 0.717) is 42.7 Å². The Morgan fingerprint density at radius 2 is 1.88 bits per heavy atom. The number of amides is 1. The fourth-order valence-electron chi connectivity index (χ4n) is 3.87. The van der Waals surface area contributed by atoms with Crippen LogP contribution in [0.25, 0.3) is 11.3 Å².